The molecule has 3 amide bonds. The molecule has 3 heterocycles. The van der Waals surface area contributed by atoms with E-state index >= 15 is 0 Å². The van der Waals surface area contributed by atoms with Crippen LogP contribution in [0.15, 0.2) is 70.8 Å². The molecule has 2 atom stereocenters. The third-order valence-electron chi connectivity index (χ3n) is 6.81. The maximum atomic E-state index is 13.4. The molecule has 2 aliphatic rings. The minimum Gasteiger partial charge on any atom is -0.456 e. The number of carbonyl (C=O) groups is 4. The van der Waals surface area contributed by atoms with E-state index in [1.807, 2.05) is 19.1 Å². The molecule has 2 aromatic carbocycles. The Morgan fingerprint density at radius 2 is 1.77 bits per heavy atom. The highest BCUT2D eigenvalue weighted by atomic mass is 32.2. The number of hydrogen-bond acceptors (Lipinski definition) is 12. The van der Waals surface area contributed by atoms with Gasteiger partial charge >= 0.3 is 18.1 Å². The summed E-state index contributed by atoms with van der Waals surface area (Å²) in [6.07, 6.45) is -3.68. The predicted molar refractivity (Wildman–Crippen MR) is 165 cm³/mol. The second-order valence-electron chi connectivity index (χ2n) is 10.2. The van der Waals surface area contributed by atoms with Crippen molar-refractivity contribution in [1.29, 1.82) is 0 Å². The lowest BCUT2D eigenvalue weighted by Gasteiger charge is -2.48. The fraction of sp³-hybridized carbons (Fsp3) is 0.241. The number of aromatic nitrogens is 1. The van der Waals surface area contributed by atoms with Crippen molar-refractivity contribution in [2.45, 2.75) is 37.7 Å². The Morgan fingerprint density at radius 1 is 1.10 bits per heavy atom. The van der Waals surface area contributed by atoms with Gasteiger partial charge in [-0.15, -0.1) is 23.1 Å². The van der Waals surface area contributed by atoms with E-state index in [0.29, 0.717) is 22.5 Å². The van der Waals surface area contributed by atoms with Crippen LogP contribution in [0.3, 0.4) is 0 Å². The standard InChI is InChI=1S/C29H23F3N6O8S2/c1-15-2-4-17(5-3-15)13-46-36-21(19-14-48-28(33-19)35-27(42)29(30,31)32)23(39)34-22-24(40)37-20(10-11-47-25(22)37)26(41)45-12-16-6-8-18(9-7-16)38(43)44/h2-10,14,22,25H,11-13H2,1H3,(H,34,39)(H,33,35,42)/b36-21+. The highest BCUT2D eigenvalue weighted by Crippen LogP contribution is 2.38. The van der Waals surface area contributed by atoms with E-state index in [1.54, 1.807) is 17.4 Å². The van der Waals surface area contributed by atoms with Gasteiger partial charge in [0.05, 0.1) is 4.92 Å². The van der Waals surface area contributed by atoms with Crippen LogP contribution in [-0.2, 0) is 42.0 Å². The number of benzene rings is 2. The van der Waals surface area contributed by atoms with Crippen LogP contribution in [0.2, 0.25) is 0 Å². The van der Waals surface area contributed by atoms with Gasteiger partial charge in [-0.3, -0.25) is 34.7 Å². The van der Waals surface area contributed by atoms with Crippen molar-refractivity contribution in [2.75, 3.05) is 11.1 Å². The van der Waals surface area contributed by atoms with E-state index in [1.165, 1.54) is 47.5 Å². The van der Waals surface area contributed by atoms with Gasteiger partial charge in [0, 0.05) is 23.3 Å². The van der Waals surface area contributed by atoms with Crippen LogP contribution in [-0.4, -0.2) is 67.6 Å². The van der Waals surface area contributed by atoms with Crippen molar-refractivity contribution < 1.29 is 46.8 Å². The van der Waals surface area contributed by atoms with Gasteiger partial charge in [-0.05, 0) is 36.3 Å². The number of alkyl halides is 3. The third-order valence-corrected chi connectivity index (χ3v) is 8.75. The molecule has 1 aromatic heterocycles. The zero-order valence-electron chi connectivity index (χ0n) is 24.6. The van der Waals surface area contributed by atoms with Crippen LogP contribution >= 0.6 is 23.1 Å². The molecule has 3 aromatic rings. The van der Waals surface area contributed by atoms with E-state index in [4.69, 9.17) is 9.57 Å². The summed E-state index contributed by atoms with van der Waals surface area (Å²) >= 11 is 1.86. The van der Waals surface area contributed by atoms with Gasteiger partial charge < -0.3 is 14.9 Å². The fourth-order valence-electron chi connectivity index (χ4n) is 4.34. The Balaban J connectivity index is 1.26. The van der Waals surface area contributed by atoms with Crippen molar-refractivity contribution >= 4 is 63.3 Å². The number of nitro groups is 1. The lowest BCUT2D eigenvalue weighted by molar-refractivity contribution is -0.384. The molecule has 0 bridgehead atoms. The maximum Gasteiger partial charge on any atom is 0.471 e. The number of hydrogen-bond donors (Lipinski definition) is 2. The molecule has 1 saturated heterocycles. The number of rotatable bonds is 11. The smallest absolute Gasteiger partial charge is 0.456 e. The largest absolute Gasteiger partial charge is 0.471 e. The van der Waals surface area contributed by atoms with Gasteiger partial charge in [0.15, 0.2) is 10.8 Å². The predicted octanol–water partition coefficient (Wildman–Crippen LogP) is 3.81. The Morgan fingerprint density at radius 3 is 2.44 bits per heavy atom. The molecule has 19 heteroatoms. The van der Waals surface area contributed by atoms with Crippen molar-refractivity contribution in [3.05, 3.63) is 98.2 Å². The number of non-ortho nitro benzene ring substituents is 1. The number of aryl methyl sites for hydroxylation is 1. The molecule has 250 valence electrons. The summed E-state index contributed by atoms with van der Waals surface area (Å²) in [7, 11) is 0. The highest BCUT2D eigenvalue weighted by molar-refractivity contribution is 8.00. The topological polar surface area (TPSA) is 182 Å². The summed E-state index contributed by atoms with van der Waals surface area (Å²) in [6, 6.07) is 11.4. The van der Waals surface area contributed by atoms with Gasteiger partial charge in [-0.1, -0.05) is 35.0 Å². The number of nitrogens with zero attached hydrogens (tertiary/aromatic N) is 4. The first-order valence-electron chi connectivity index (χ1n) is 13.8. The monoisotopic (exact) mass is 704 g/mol. The molecule has 48 heavy (non-hydrogen) atoms. The first-order chi connectivity index (χ1) is 22.8. The molecule has 2 aliphatic heterocycles. The van der Waals surface area contributed by atoms with Crippen LogP contribution in [0.1, 0.15) is 22.4 Å². The maximum absolute atomic E-state index is 13.4. The van der Waals surface area contributed by atoms with E-state index < -0.39 is 57.0 Å². The summed E-state index contributed by atoms with van der Waals surface area (Å²) in [5, 5.41) is 18.9. The molecular formula is C29H23F3N6O8S2. The Labute approximate surface area is 277 Å². The Hall–Kier alpha value is -5.30. The quantitative estimate of drug-likeness (QED) is 0.0979. The molecular weight excluding hydrogens is 681 g/mol. The fourth-order valence-corrected chi connectivity index (χ4v) is 6.23. The zero-order valence-corrected chi connectivity index (χ0v) is 26.2. The van der Waals surface area contributed by atoms with Gasteiger partial charge in [-0.2, -0.15) is 13.2 Å². The molecule has 0 aliphatic carbocycles. The number of halogens is 3. The molecule has 2 unspecified atom stereocenters. The lowest BCUT2D eigenvalue weighted by atomic mass is 10.0. The lowest BCUT2D eigenvalue weighted by Crippen LogP contribution is -2.70. The Bertz CT molecular complexity index is 1810. The first kappa shape index (κ1) is 34.0. The number of nitrogens with one attached hydrogen (secondary N) is 2. The number of oxime groups is 1. The average molecular weight is 705 g/mol. The van der Waals surface area contributed by atoms with Crippen LogP contribution in [0.25, 0.3) is 0 Å². The summed E-state index contributed by atoms with van der Waals surface area (Å²) in [4.78, 5) is 71.5. The van der Waals surface area contributed by atoms with E-state index in [9.17, 15) is 42.5 Å². The van der Waals surface area contributed by atoms with Gasteiger partial charge in [0.2, 0.25) is 0 Å². The number of nitro benzene ring substituents is 1. The minimum absolute atomic E-state index is 0.0453. The highest BCUT2D eigenvalue weighted by Gasteiger charge is 2.53. The number of ether oxygens (including phenoxy) is 1. The van der Waals surface area contributed by atoms with Crippen molar-refractivity contribution in [1.82, 2.24) is 15.2 Å². The summed E-state index contributed by atoms with van der Waals surface area (Å²) in [5.41, 5.74) is 1.29. The van der Waals surface area contributed by atoms with Gasteiger partial charge in [0.25, 0.3) is 17.5 Å². The molecule has 5 rings (SSSR count). The number of carbonyl (C=O) groups excluding carboxylic acids is 4. The van der Waals surface area contributed by atoms with Gasteiger partial charge in [-0.25, -0.2) is 9.78 Å². The molecule has 0 radical (unpaired) electrons. The Kier molecular flexibility index (Phi) is 10.1. The second-order valence-corrected chi connectivity index (χ2v) is 12.2. The third kappa shape index (κ3) is 7.80. The molecule has 1 fully saturated rings. The van der Waals surface area contributed by atoms with E-state index in [2.05, 4.69) is 15.5 Å². The first-order valence-corrected chi connectivity index (χ1v) is 15.7. The molecule has 0 saturated carbocycles. The summed E-state index contributed by atoms with van der Waals surface area (Å²) in [6.45, 7) is 1.60. The molecule has 2 N–H and O–H groups in total. The van der Waals surface area contributed by atoms with Crippen molar-refractivity contribution in [3.63, 3.8) is 0 Å². The molecule has 0 spiro atoms. The number of amides is 3. The van der Waals surface area contributed by atoms with Crippen LogP contribution in [0, 0.1) is 17.0 Å². The zero-order chi connectivity index (χ0) is 34.6. The number of β-lactam (4-membered cyclic amide) rings is 1. The van der Waals surface area contributed by atoms with Crippen LogP contribution in [0.5, 0.6) is 0 Å². The van der Waals surface area contributed by atoms with Crippen molar-refractivity contribution in [3.8, 4) is 0 Å². The molecule has 14 nitrogen and oxygen atoms in total. The summed E-state index contributed by atoms with van der Waals surface area (Å²) in [5.74, 6) is -4.38. The van der Waals surface area contributed by atoms with Crippen LogP contribution < -0.4 is 10.6 Å². The van der Waals surface area contributed by atoms with E-state index in [0.717, 1.165) is 10.5 Å². The number of fused-ring (bicyclic) bond motifs is 1. The number of thioether (sulfide) groups is 1. The van der Waals surface area contributed by atoms with E-state index in [-0.39, 0.29) is 36.0 Å². The van der Waals surface area contributed by atoms with Crippen LogP contribution in [0.4, 0.5) is 24.0 Å². The second kappa shape index (κ2) is 14.2. The van der Waals surface area contributed by atoms with Gasteiger partial charge in [0.1, 0.15) is 36.0 Å². The van der Waals surface area contributed by atoms with Crippen molar-refractivity contribution in [2.24, 2.45) is 5.16 Å². The SMILES string of the molecule is Cc1ccc(CO/N=C(/C(=O)NC2C(=O)N3C(C(=O)OCc4ccc([N+](=O)[O-])cc4)=CCSC23)c2csc(NC(=O)C(F)(F)F)n2)cc1. The summed E-state index contributed by atoms with van der Waals surface area (Å²) < 4.78 is 43.5. The number of anilines is 1. The number of thiazole rings is 1. The minimum atomic E-state index is -5.17. The normalized spacial score (nSPS) is 17.4. The number of esters is 1. The average Bonchev–Trinajstić information content (AvgIpc) is 3.52.